The van der Waals surface area contributed by atoms with Gasteiger partial charge in [0.25, 0.3) is 0 Å². The van der Waals surface area contributed by atoms with E-state index in [2.05, 4.69) is 0 Å². The Morgan fingerprint density at radius 3 is 1.56 bits per heavy atom. The molecule has 0 aliphatic carbocycles. The Kier molecular flexibility index (Phi) is 13.0. The Morgan fingerprint density at radius 1 is 1.33 bits per heavy atom. The van der Waals surface area contributed by atoms with Crippen LogP contribution in [0.15, 0.2) is 0 Å². The molecule has 0 aromatic rings. The van der Waals surface area contributed by atoms with Crippen LogP contribution in [0, 0.1) is 0 Å². The summed E-state index contributed by atoms with van der Waals surface area (Å²) in [6.45, 7) is 1.35. The molecule has 0 unspecified atom stereocenters. The molecule has 3 N–H and O–H groups in total. The minimum atomic E-state index is -0.745. The van der Waals surface area contributed by atoms with Crippen LogP contribution in [0.3, 0.4) is 0 Å². The lowest BCUT2D eigenvalue weighted by Gasteiger charge is -1.71. The van der Waals surface area contributed by atoms with Crippen molar-refractivity contribution in [3.05, 3.63) is 0 Å². The second-order valence-corrected chi connectivity index (χ2v) is 1.19. The van der Waals surface area contributed by atoms with Crippen LogP contribution < -0.4 is 0 Å². The Bertz CT molecular complexity index is 60.0. The van der Waals surface area contributed by atoms with Crippen molar-refractivity contribution >= 4 is 5.97 Å². The van der Waals surface area contributed by atoms with Crippen LogP contribution >= 0.6 is 0 Å². The first-order valence-electron chi connectivity index (χ1n) is 2.62. The standard InChI is InChI=1S/C3H6O2.C2H6O2/c1-2-3(4)5;3-1-2-4/h2H2,1H3,(H,4,5);3-4H,1-2H2. The number of carbonyl (C=O) groups is 1. The first-order chi connectivity index (χ1) is 4.18. The van der Waals surface area contributed by atoms with Gasteiger partial charge in [-0.3, -0.25) is 4.79 Å². The zero-order valence-corrected chi connectivity index (χ0v) is 5.37. The maximum absolute atomic E-state index is 9.37. The average molecular weight is 136 g/mol. The second-order valence-electron chi connectivity index (χ2n) is 1.19. The highest BCUT2D eigenvalue weighted by molar-refractivity contribution is 5.66. The van der Waals surface area contributed by atoms with E-state index in [1.807, 2.05) is 0 Å². The molecule has 0 saturated carbocycles. The fourth-order valence-corrected chi connectivity index (χ4v) is 0. The van der Waals surface area contributed by atoms with Crippen LogP contribution in [-0.4, -0.2) is 34.5 Å². The highest BCUT2D eigenvalue weighted by Gasteiger charge is 1.80. The molecule has 0 atom stereocenters. The third-order valence-electron chi connectivity index (χ3n) is 0.402. The van der Waals surface area contributed by atoms with Gasteiger partial charge in [0.15, 0.2) is 0 Å². The van der Waals surface area contributed by atoms with E-state index < -0.39 is 5.97 Å². The van der Waals surface area contributed by atoms with Gasteiger partial charge in [-0.05, 0) is 0 Å². The van der Waals surface area contributed by atoms with E-state index in [9.17, 15) is 4.79 Å². The Balaban J connectivity index is 0. The highest BCUT2D eigenvalue weighted by atomic mass is 16.4. The maximum Gasteiger partial charge on any atom is 0.303 e. The number of carboxylic acids is 1. The number of rotatable bonds is 2. The molecule has 0 aromatic heterocycles. The Morgan fingerprint density at radius 2 is 1.56 bits per heavy atom. The van der Waals surface area contributed by atoms with Gasteiger partial charge in [-0.2, -0.15) is 0 Å². The molecule has 0 aliphatic heterocycles. The summed E-state index contributed by atoms with van der Waals surface area (Å²) in [6, 6.07) is 0. The molecule has 0 radical (unpaired) electrons. The molecular formula is C5H12O4. The molecule has 0 bridgehead atoms. The molecule has 0 heterocycles. The van der Waals surface area contributed by atoms with Gasteiger partial charge in [0.05, 0.1) is 13.2 Å². The van der Waals surface area contributed by atoms with E-state index in [4.69, 9.17) is 15.3 Å². The van der Waals surface area contributed by atoms with Crippen molar-refractivity contribution < 1.29 is 20.1 Å². The lowest BCUT2D eigenvalue weighted by Crippen LogP contribution is -1.86. The SMILES string of the molecule is CCC(=O)O.OCCO. The Hall–Kier alpha value is -0.610. The van der Waals surface area contributed by atoms with Gasteiger partial charge in [0.1, 0.15) is 0 Å². The van der Waals surface area contributed by atoms with Crippen molar-refractivity contribution in [2.45, 2.75) is 13.3 Å². The lowest BCUT2D eigenvalue weighted by molar-refractivity contribution is -0.136. The van der Waals surface area contributed by atoms with E-state index in [0.717, 1.165) is 0 Å². The predicted octanol–water partition coefficient (Wildman–Crippen LogP) is -0.548. The third kappa shape index (κ3) is 37.6. The monoisotopic (exact) mass is 136 g/mol. The van der Waals surface area contributed by atoms with E-state index in [1.54, 1.807) is 6.92 Å². The summed E-state index contributed by atoms with van der Waals surface area (Å²) in [6.07, 6.45) is 0.222. The van der Waals surface area contributed by atoms with Gasteiger partial charge < -0.3 is 15.3 Å². The minimum Gasteiger partial charge on any atom is -0.481 e. The Labute approximate surface area is 53.7 Å². The molecule has 0 saturated heterocycles. The van der Waals surface area contributed by atoms with Crippen molar-refractivity contribution in [2.75, 3.05) is 13.2 Å². The first kappa shape index (κ1) is 11.2. The van der Waals surface area contributed by atoms with E-state index in [1.165, 1.54) is 0 Å². The number of hydrogen-bond donors (Lipinski definition) is 3. The van der Waals surface area contributed by atoms with Gasteiger partial charge in [0, 0.05) is 6.42 Å². The molecule has 0 fully saturated rings. The molecule has 4 nitrogen and oxygen atoms in total. The van der Waals surface area contributed by atoms with Gasteiger partial charge >= 0.3 is 5.97 Å². The van der Waals surface area contributed by atoms with E-state index >= 15 is 0 Å². The minimum absolute atomic E-state index is 0.125. The predicted molar refractivity (Wildman–Crippen MR) is 32.1 cm³/mol. The van der Waals surface area contributed by atoms with Crippen LogP contribution in [0.4, 0.5) is 0 Å². The highest BCUT2D eigenvalue weighted by Crippen LogP contribution is 1.67. The smallest absolute Gasteiger partial charge is 0.303 e. The largest absolute Gasteiger partial charge is 0.481 e. The molecule has 4 heteroatoms. The molecule has 56 valence electrons. The van der Waals surface area contributed by atoms with Crippen molar-refractivity contribution in [1.82, 2.24) is 0 Å². The number of aliphatic carboxylic acids is 1. The summed E-state index contributed by atoms with van der Waals surface area (Å²) in [7, 11) is 0. The average Bonchev–Trinajstić information content (AvgIpc) is 1.89. The molecule has 0 amide bonds. The van der Waals surface area contributed by atoms with Crippen LogP contribution in [0.1, 0.15) is 13.3 Å². The summed E-state index contributed by atoms with van der Waals surface area (Å²) in [4.78, 5) is 9.37. The normalized spacial score (nSPS) is 7.44. The van der Waals surface area contributed by atoms with Crippen LogP contribution in [0.2, 0.25) is 0 Å². The second kappa shape index (κ2) is 10.4. The number of carboxylic acid groups (broad SMARTS) is 1. The first-order valence-corrected chi connectivity index (χ1v) is 2.62. The van der Waals surface area contributed by atoms with Crippen LogP contribution in [-0.2, 0) is 4.79 Å². The van der Waals surface area contributed by atoms with Gasteiger partial charge in [-0.1, -0.05) is 6.92 Å². The fraction of sp³-hybridized carbons (Fsp3) is 0.800. The maximum atomic E-state index is 9.37. The number of aliphatic hydroxyl groups is 2. The quantitative estimate of drug-likeness (QED) is 0.476. The number of hydrogen-bond acceptors (Lipinski definition) is 3. The van der Waals surface area contributed by atoms with Crippen molar-refractivity contribution in [3.8, 4) is 0 Å². The van der Waals surface area contributed by atoms with Gasteiger partial charge in [0.2, 0.25) is 0 Å². The topological polar surface area (TPSA) is 77.8 Å². The summed E-state index contributed by atoms with van der Waals surface area (Å²) in [5, 5.41) is 23.0. The number of aliphatic hydroxyl groups excluding tert-OH is 2. The molecule has 9 heavy (non-hydrogen) atoms. The van der Waals surface area contributed by atoms with Gasteiger partial charge in [-0.15, -0.1) is 0 Å². The van der Waals surface area contributed by atoms with Crippen LogP contribution in [0.25, 0.3) is 0 Å². The van der Waals surface area contributed by atoms with Crippen molar-refractivity contribution in [3.63, 3.8) is 0 Å². The molecule has 0 aliphatic rings. The zero-order chi connectivity index (χ0) is 7.70. The molecular weight excluding hydrogens is 124 g/mol. The van der Waals surface area contributed by atoms with E-state index in [-0.39, 0.29) is 19.6 Å². The molecule has 0 rings (SSSR count). The summed E-state index contributed by atoms with van der Waals surface area (Å²) in [5.74, 6) is -0.745. The summed E-state index contributed by atoms with van der Waals surface area (Å²) < 4.78 is 0. The zero-order valence-electron chi connectivity index (χ0n) is 5.37. The fourth-order valence-electron chi connectivity index (χ4n) is 0. The van der Waals surface area contributed by atoms with E-state index in [0.29, 0.717) is 0 Å². The van der Waals surface area contributed by atoms with Crippen molar-refractivity contribution in [2.24, 2.45) is 0 Å². The van der Waals surface area contributed by atoms with Crippen molar-refractivity contribution in [1.29, 1.82) is 0 Å². The molecule has 0 aromatic carbocycles. The lowest BCUT2D eigenvalue weighted by atomic mass is 10.5. The summed E-state index contributed by atoms with van der Waals surface area (Å²) in [5.41, 5.74) is 0. The van der Waals surface area contributed by atoms with Crippen LogP contribution in [0.5, 0.6) is 0 Å². The molecule has 0 spiro atoms. The third-order valence-corrected chi connectivity index (χ3v) is 0.402. The summed E-state index contributed by atoms with van der Waals surface area (Å²) >= 11 is 0. The van der Waals surface area contributed by atoms with Gasteiger partial charge in [-0.25, -0.2) is 0 Å².